The Balaban J connectivity index is 2.31. The zero-order valence-corrected chi connectivity index (χ0v) is 12.6. The van der Waals surface area contributed by atoms with Crippen LogP contribution in [0.3, 0.4) is 0 Å². The molecule has 0 radical (unpaired) electrons. The molecule has 0 amide bonds. The van der Waals surface area contributed by atoms with E-state index in [1.165, 1.54) is 0 Å². The summed E-state index contributed by atoms with van der Waals surface area (Å²) >= 11 is 0. The smallest absolute Gasteiger partial charge is 0.322 e. The highest BCUT2D eigenvalue weighted by Gasteiger charge is 2.30. The lowest BCUT2D eigenvalue weighted by atomic mass is 10.1. The summed E-state index contributed by atoms with van der Waals surface area (Å²) in [6.07, 6.45) is -0.161. The lowest BCUT2D eigenvalue weighted by Crippen LogP contribution is -2.42. The molecule has 23 heavy (non-hydrogen) atoms. The third-order valence-electron chi connectivity index (χ3n) is 3.07. The Hall–Kier alpha value is -2.32. The van der Waals surface area contributed by atoms with Gasteiger partial charge in [0.25, 0.3) is 0 Å². The van der Waals surface area contributed by atoms with Gasteiger partial charge in [-0.3, -0.25) is 4.79 Å². The van der Waals surface area contributed by atoms with Gasteiger partial charge in [0.05, 0.1) is 0 Å². The van der Waals surface area contributed by atoms with E-state index in [4.69, 9.17) is 5.11 Å². The molecule has 0 bridgehead atoms. The summed E-state index contributed by atoms with van der Waals surface area (Å²) in [6.45, 7) is 0. The van der Waals surface area contributed by atoms with Gasteiger partial charge in [-0.25, -0.2) is 17.2 Å². The van der Waals surface area contributed by atoms with Gasteiger partial charge in [0.1, 0.15) is 17.7 Å². The first-order chi connectivity index (χ1) is 10.8. The van der Waals surface area contributed by atoms with E-state index in [1.807, 2.05) is 4.72 Å². The van der Waals surface area contributed by atoms with E-state index < -0.39 is 38.6 Å². The van der Waals surface area contributed by atoms with Crippen LogP contribution in [-0.4, -0.2) is 25.5 Å². The van der Waals surface area contributed by atoms with Gasteiger partial charge in [-0.15, -0.1) is 0 Å². The molecule has 0 saturated heterocycles. The normalized spacial score (nSPS) is 12.8. The number of hydrogen-bond donors (Lipinski definition) is 2. The van der Waals surface area contributed by atoms with Crippen LogP contribution in [0.1, 0.15) is 5.56 Å². The monoisotopic (exact) mass is 341 g/mol. The first kappa shape index (κ1) is 17.0. The van der Waals surface area contributed by atoms with Crippen molar-refractivity contribution in [2.24, 2.45) is 0 Å². The summed E-state index contributed by atoms with van der Waals surface area (Å²) in [5.74, 6) is -4.03. The maximum Gasteiger partial charge on any atom is 0.322 e. The molecule has 0 aliphatic heterocycles. The summed E-state index contributed by atoms with van der Waals surface area (Å²) in [7, 11) is -4.67. The molecule has 0 saturated carbocycles. The molecule has 1 unspecified atom stereocenters. The molecule has 0 aliphatic carbocycles. The number of rotatable bonds is 6. The summed E-state index contributed by atoms with van der Waals surface area (Å²) in [5.41, 5.74) is 0.566. The minimum atomic E-state index is -4.67. The molecule has 0 heterocycles. The number of aliphatic carboxylic acids is 1. The number of sulfonamides is 1. The van der Waals surface area contributed by atoms with Crippen molar-refractivity contribution >= 4 is 16.0 Å². The topological polar surface area (TPSA) is 83.5 Å². The average molecular weight is 341 g/mol. The third-order valence-corrected chi connectivity index (χ3v) is 4.59. The first-order valence-electron chi connectivity index (χ1n) is 6.54. The summed E-state index contributed by atoms with van der Waals surface area (Å²) in [6, 6.07) is 9.32. The van der Waals surface area contributed by atoms with Crippen LogP contribution < -0.4 is 4.72 Å². The van der Waals surface area contributed by atoms with Gasteiger partial charge in [0, 0.05) is 0 Å². The molecule has 2 rings (SSSR count). The van der Waals surface area contributed by atoms with Gasteiger partial charge in [0.15, 0.2) is 4.90 Å². The van der Waals surface area contributed by atoms with Gasteiger partial charge in [0.2, 0.25) is 10.0 Å². The van der Waals surface area contributed by atoms with E-state index in [-0.39, 0.29) is 6.42 Å². The fourth-order valence-corrected chi connectivity index (χ4v) is 3.34. The molecule has 8 heteroatoms. The molecule has 0 fully saturated rings. The van der Waals surface area contributed by atoms with Crippen molar-refractivity contribution in [3.8, 4) is 0 Å². The largest absolute Gasteiger partial charge is 0.480 e. The van der Waals surface area contributed by atoms with Crippen LogP contribution in [0.25, 0.3) is 0 Å². The van der Waals surface area contributed by atoms with Gasteiger partial charge in [-0.05, 0) is 24.1 Å². The summed E-state index contributed by atoms with van der Waals surface area (Å²) in [5, 5.41) is 9.17. The molecular weight excluding hydrogens is 328 g/mol. The SMILES string of the molecule is O=C(O)C(Cc1ccccc1)NS(=O)(=O)c1c(F)cccc1F. The number of nitrogens with one attached hydrogen (secondary N) is 1. The predicted octanol–water partition coefficient (Wildman–Crippen LogP) is 1.94. The fraction of sp³-hybridized carbons (Fsp3) is 0.133. The second-order valence-electron chi connectivity index (χ2n) is 4.75. The zero-order valence-electron chi connectivity index (χ0n) is 11.7. The van der Waals surface area contributed by atoms with E-state index in [1.54, 1.807) is 30.3 Å². The standard InChI is InChI=1S/C15H13F2NO4S/c16-11-7-4-8-12(17)14(11)23(21,22)18-13(15(19)20)9-10-5-2-1-3-6-10/h1-8,13,18H,9H2,(H,19,20). The molecule has 1 atom stereocenters. The third kappa shape index (κ3) is 4.11. The van der Waals surface area contributed by atoms with E-state index in [0.29, 0.717) is 5.56 Å². The van der Waals surface area contributed by atoms with Gasteiger partial charge in [-0.1, -0.05) is 36.4 Å². The molecule has 0 aromatic heterocycles. The van der Waals surface area contributed by atoms with Crippen molar-refractivity contribution in [2.75, 3.05) is 0 Å². The molecule has 5 nitrogen and oxygen atoms in total. The van der Waals surface area contributed by atoms with Crippen molar-refractivity contribution in [3.05, 3.63) is 65.7 Å². The second-order valence-corrected chi connectivity index (χ2v) is 6.40. The quantitative estimate of drug-likeness (QED) is 0.841. The van der Waals surface area contributed by atoms with E-state index in [9.17, 15) is 22.0 Å². The van der Waals surface area contributed by atoms with Crippen molar-refractivity contribution in [2.45, 2.75) is 17.4 Å². The molecule has 2 aromatic rings. The van der Waals surface area contributed by atoms with Crippen molar-refractivity contribution in [1.29, 1.82) is 0 Å². The highest BCUT2D eigenvalue weighted by Crippen LogP contribution is 2.19. The first-order valence-corrected chi connectivity index (χ1v) is 8.02. The maximum absolute atomic E-state index is 13.6. The Kier molecular flexibility index (Phi) is 5.07. The predicted molar refractivity (Wildman–Crippen MR) is 78.2 cm³/mol. The number of benzene rings is 2. The van der Waals surface area contributed by atoms with Crippen molar-refractivity contribution < 1.29 is 27.1 Å². The minimum absolute atomic E-state index is 0.161. The number of hydrogen-bond acceptors (Lipinski definition) is 3. The van der Waals surface area contributed by atoms with Crippen LogP contribution in [0.2, 0.25) is 0 Å². The highest BCUT2D eigenvalue weighted by molar-refractivity contribution is 7.89. The zero-order chi connectivity index (χ0) is 17.0. The Labute approximate surface area is 131 Å². The molecule has 0 spiro atoms. The van der Waals surface area contributed by atoms with E-state index in [0.717, 1.165) is 18.2 Å². The van der Waals surface area contributed by atoms with Crippen molar-refractivity contribution in [1.82, 2.24) is 4.72 Å². The van der Waals surface area contributed by atoms with E-state index in [2.05, 4.69) is 0 Å². The minimum Gasteiger partial charge on any atom is -0.480 e. The maximum atomic E-state index is 13.6. The summed E-state index contributed by atoms with van der Waals surface area (Å²) in [4.78, 5) is 10.1. The van der Waals surface area contributed by atoms with Crippen LogP contribution in [0, 0.1) is 11.6 Å². The van der Waals surface area contributed by atoms with Gasteiger partial charge in [-0.2, -0.15) is 4.72 Å². The van der Waals surface area contributed by atoms with Crippen LogP contribution in [0.5, 0.6) is 0 Å². The lowest BCUT2D eigenvalue weighted by Gasteiger charge is -2.15. The number of halogens is 2. The van der Waals surface area contributed by atoms with Crippen LogP contribution in [-0.2, 0) is 21.2 Å². The molecule has 2 N–H and O–H groups in total. The number of carbonyl (C=O) groups is 1. The van der Waals surface area contributed by atoms with Crippen LogP contribution in [0.4, 0.5) is 8.78 Å². The molecule has 2 aromatic carbocycles. The van der Waals surface area contributed by atoms with Crippen LogP contribution in [0.15, 0.2) is 53.4 Å². The summed E-state index contributed by atoms with van der Waals surface area (Å²) < 4.78 is 53.3. The van der Waals surface area contributed by atoms with Gasteiger partial charge < -0.3 is 5.11 Å². The Morgan fingerprint density at radius 1 is 1.04 bits per heavy atom. The highest BCUT2D eigenvalue weighted by atomic mass is 32.2. The van der Waals surface area contributed by atoms with Crippen molar-refractivity contribution in [3.63, 3.8) is 0 Å². The average Bonchev–Trinajstić information content (AvgIpc) is 2.46. The Morgan fingerprint density at radius 2 is 1.61 bits per heavy atom. The molecular formula is C15H13F2NO4S. The van der Waals surface area contributed by atoms with E-state index >= 15 is 0 Å². The lowest BCUT2D eigenvalue weighted by molar-refractivity contribution is -0.138. The molecule has 0 aliphatic rings. The fourth-order valence-electron chi connectivity index (χ4n) is 2.01. The van der Waals surface area contributed by atoms with Gasteiger partial charge >= 0.3 is 5.97 Å². The number of carboxylic acid groups (broad SMARTS) is 1. The van der Waals surface area contributed by atoms with Crippen LogP contribution >= 0.6 is 0 Å². The Morgan fingerprint density at radius 3 is 2.13 bits per heavy atom. The number of carboxylic acids is 1. The second kappa shape index (κ2) is 6.84. The molecule has 122 valence electrons. The Bertz CT molecular complexity index is 789.